The number of amides is 5. The number of anilines is 2. The summed E-state index contributed by atoms with van der Waals surface area (Å²) in [4.78, 5) is 51.2. The van der Waals surface area contributed by atoms with Gasteiger partial charge in [0.1, 0.15) is 17.1 Å². The number of halogens is 2. The summed E-state index contributed by atoms with van der Waals surface area (Å²) in [5.41, 5.74) is 1.77. The monoisotopic (exact) mass is 597 g/mol. The maximum Gasteiger partial charge on any atom is 0.335 e. The number of carbonyl (C=O) groups excluding carboxylic acids is 4. The molecule has 4 rings (SSSR count). The first-order chi connectivity index (χ1) is 18.2. The molecule has 3 aromatic rings. The number of barbiturate groups is 1. The maximum absolute atomic E-state index is 13.1. The number of nitrogens with one attached hydrogen (secondary N) is 2. The van der Waals surface area contributed by atoms with E-state index >= 15 is 0 Å². The molecule has 1 aliphatic rings. The van der Waals surface area contributed by atoms with Crippen molar-refractivity contribution in [2.24, 2.45) is 0 Å². The molecule has 0 atom stereocenters. The van der Waals surface area contributed by atoms with Crippen LogP contribution in [0.4, 0.5) is 16.2 Å². The molecule has 0 unspecified atom stereocenters. The Bertz CT molecular complexity index is 1490. The Morgan fingerprint density at radius 2 is 1.84 bits per heavy atom. The normalized spacial score (nSPS) is 14.4. The van der Waals surface area contributed by atoms with Gasteiger partial charge in [-0.05, 0) is 76.5 Å². The number of ether oxygens (including phenoxy) is 2. The third-order valence-electron chi connectivity index (χ3n) is 5.52. The fourth-order valence-corrected chi connectivity index (χ4v) is 4.27. The van der Waals surface area contributed by atoms with Crippen LogP contribution in [0.3, 0.4) is 0 Å². The number of methoxy groups -OCH3 is 1. The molecule has 0 spiro atoms. The van der Waals surface area contributed by atoms with Gasteiger partial charge in [0.15, 0.2) is 6.61 Å². The summed E-state index contributed by atoms with van der Waals surface area (Å²) in [6.45, 7) is 1.52. The van der Waals surface area contributed by atoms with Crippen LogP contribution in [0.25, 0.3) is 6.08 Å². The molecule has 1 saturated heterocycles. The van der Waals surface area contributed by atoms with E-state index in [0.29, 0.717) is 32.2 Å². The summed E-state index contributed by atoms with van der Waals surface area (Å²) in [5.74, 6) is -1.11. The molecule has 1 fully saturated rings. The molecule has 2 N–H and O–H groups in total. The highest BCUT2D eigenvalue weighted by atomic mass is 79.9. The zero-order valence-electron chi connectivity index (χ0n) is 20.2. The van der Waals surface area contributed by atoms with E-state index in [4.69, 9.17) is 21.1 Å². The molecule has 0 aromatic heterocycles. The Kier molecular flexibility index (Phi) is 8.13. The summed E-state index contributed by atoms with van der Waals surface area (Å²) in [6.07, 6.45) is 1.36. The van der Waals surface area contributed by atoms with E-state index in [-0.39, 0.29) is 17.9 Å². The summed E-state index contributed by atoms with van der Waals surface area (Å²) < 4.78 is 11.3. The molecule has 1 heterocycles. The lowest BCUT2D eigenvalue weighted by Crippen LogP contribution is -2.54. The number of hydrogen-bond donors (Lipinski definition) is 2. The van der Waals surface area contributed by atoms with E-state index in [1.54, 1.807) is 61.5 Å². The lowest BCUT2D eigenvalue weighted by atomic mass is 10.1. The second-order valence-electron chi connectivity index (χ2n) is 8.12. The van der Waals surface area contributed by atoms with Crippen molar-refractivity contribution in [2.75, 3.05) is 23.9 Å². The molecule has 9 nitrogen and oxygen atoms in total. The third kappa shape index (κ3) is 5.87. The maximum atomic E-state index is 13.1. The molecule has 0 radical (unpaired) electrons. The van der Waals surface area contributed by atoms with Crippen LogP contribution in [-0.4, -0.2) is 37.5 Å². The molecule has 0 saturated carbocycles. The second-order valence-corrected chi connectivity index (χ2v) is 9.38. The van der Waals surface area contributed by atoms with Crippen LogP contribution in [0.2, 0.25) is 5.02 Å². The molecule has 1 aliphatic heterocycles. The van der Waals surface area contributed by atoms with Crippen molar-refractivity contribution in [1.29, 1.82) is 0 Å². The highest BCUT2D eigenvalue weighted by Gasteiger charge is 2.37. The molecule has 11 heteroatoms. The van der Waals surface area contributed by atoms with Crippen molar-refractivity contribution in [3.05, 3.63) is 86.9 Å². The van der Waals surface area contributed by atoms with E-state index in [0.717, 1.165) is 10.5 Å². The van der Waals surface area contributed by atoms with Gasteiger partial charge in [-0.3, -0.25) is 19.7 Å². The van der Waals surface area contributed by atoms with Gasteiger partial charge in [0.05, 0.1) is 23.0 Å². The number of nitrogens with zero attached hydrogens (tertiary/aromatic N) is 1. The number of hydrogen-bond acceptors (Lipinski definition) is 6. The van der Waals surface area contributed by atoms with Crippen LogP contribution in [-0.2, 0) is 14.4 Å². The topological polar surface area (TPSA) is 114 Å². The van der Waals surface area contributed by atoms with Crippen molar-refractivity contribution in [3.63, 3.8) is 0 Å². The molecule has 194 valence electrons. The van der Waals surface area contributed by atoms with Crippen molar-refractivity contribution < 1.29 is 28.7 Å². The number of rotatable bonds is 7. The number of aryl methyl sites for hydroxylation is 1. The molecule has 0 aliphatic carbocycles. The second kappa shape index (κ2) is 11.5. The summed E-state index contributed by atoms with van der Waals surface area (Å²) in [5, 5.41) is 5.27. The van der Waals surface area contributed by atoms with Crippen LogP contribution in [0.1, 0.15) is 11.1 Å². The van der Waals surface area contributed by atoms with Gasteiger partial charge in [-0.15, -0.1) is 0 Å². The molecular formula is C27H21BrClN3O6. The average Bonchev–Trinajstić information content (AvgIpc) is 2.88. The standard InChI is InChI=1S/C27H21BrClN3O6/c1-15-7-9-17(13-20(15)29)32-26(35)18(25(34)31-27(32)36)11-16-8-10-22(19(28)12-16)38-14-24(33)30-21-5-3-4-6-23(21)37-2/h3-13H,14H2,1-2H3,(H,30,33)(H,31,34,36)/b18-11+. The van der Waals surface area contributed by atoms with Gasteiger partial charge in [0, 0.05) is 5.02 Å². The zero-order chi connectivity index (χ0) is 27.4. The van der Waals surface area contributed by atoms with Crippen molar-refractivity contribution in [1.82, 2.24) is 5.32 Å². The highest BCUT2D eigenvalue weighted by molar-refractivity contribution is 9.10. The van der Waals surface area contributed by atoms with Gasteiger partial charge in [-0.1, -0.05) is 35.9 Å². The Morgan fingerprint density at radius 3 is 2.55 bits per heavy atom. The van der Waals surface area contributed by atoms with Gasteiger partial charge in [0.25, 0.3) is 17.7 Å². The number of imide groups is 2. The third-order valence-corrected chi connectivity index (χ3v) is 6.55. The van der Waals surface area contributed by atoms with Crippen LogP contribution < -0.4 is 25.0 Å². The molecule has 3 aromatic carbocycles. The summed E-state index contributed by atoms with van der Waals surface area (Å²) in [7, 11) is 1.51. The molecule has 0 bridgehead atoms. The first-order valence-electron chi connectivity index (χ1n) is 11.2. The number of para-hydroxylation sites is 2. The largest absolute Gasteiger partial charge is 0.495 e. The number of urea groups is 1. The lowest BCUT2D eigenvalue weighted by molar-refractivity contribution is -0.122. The Balaban J connectivity index is 1.48. The summed E-state index contributed by atoms with van der Waals surface area (Å²) >= 11 is 9.54. The summed E-state index contributed by atoms with van der Waals surface area (Å²) in [6, 6.07) is 15.6. The minimum absolute atomic E-state index is 0.234. The fourth-order valence-electron chi connectivity index (χ4n) is 3.58. The predicted octanol–water partition coefficient (Wildman–Crippen LogP) is 5.10. The van der Waals surface area contributed by atoms with E-state index in [9.17, 15) is 19.2 Å². The van der Waals surface area contributed by atoms with Crippen LogP contribution in [0, 0.1) is 6.92 Å². The smallest absolute Gasteiger partial charge is 0.335 e. The van der Waals surface area contributed by atoms with Crippen LogP contribution in [0.5, 0.6) is 11.5 Å². The highest BCUT2D eigenvalue weighted by Crippen LogP contribution is 2.30. The molecule has 5 amide bonds. The molecule has 38 heavy (non-hydrogen) atoms. The van der Waals surface area contributed by atoms with Gasteiger partial charge in [-0.25, -0.2) is 9.69 Å². The minimum atomic E-state index is -0.867. The Morgan fingerprint density at radius 1 is 1.08 bits per heavy atom. The minimum Gasteiger partial charge on any atom is -0.495 e. The average molecular weight is 599 g/mol. The number of carbonyl (C=O) groups is 4. The van der Waals surface area contributed by atoms with Crippen LogP contribution >= 0.6 is 27.5 Å². The Labute approximate surface area is 231 Å². The van der Waals surface area contributed by atoms with Gasteiger partial charge in [-0.2, -0.15) is 0 Å². The zero-order valence-corrected chi connectivity index (χ0v) is 22.6. The quantitative estimate of drug-likeness (QED) is 0.289. The van der Waals surface area contributed by atoms with Gasteiger partial charge >= 0.3 is 6.03 Å². The first kappa shape index (κ1) is 26.9. The van der Waals surface area contributed by atoms with Gasteiger partial charge in [0.2, 0.25) is 0 Å². The number of benzene rings is 3. The Hall–Kier alpha value is -4.15. The van der Waals surface area contributed by atoms with Gasteiger partial charge < -0.3 is 14.8 Å². The fraction of sp³-hybridized carbons (Fsp3) is 0.111. The van der Waals surface area contributed by atoms with E-state index in [1.807, 2.05) is 0 Å². The van der Waals surface area contributed by atoms with Crippen molar-refractivity contribution in [2.45, 2.75) is 6.92 Å². The van der Waals surface area contributed by atoms with Crippen molar-refractivity contribution >= 4 is 68.7 Å². The lowest BCUT2D eigenvalue weighted by Gasteiger charge is -2.26. The van der Waals surface area contributed by atoms with Crippen molar-refractivity contribution in [3.8, 4) is 11.5 Å². The van der Waals surface area contributed by atoms with E-state index in [2.05, 4.69) is 26.6 Å². The van der Waals surface area contributed by atoms with Crippen LogP contribution in [0.15, 0.2) is 70.7 Å². The van der Waals surface area contributed by atoms with E-state index in [1.165, 1.54) is 19.3 Å². The first-order valence-corrected chi connectivity index (χ1v) is 12.4. The van der Waals surface area contributed by atoms with E-state index < -0.39 is 23.8 Å². The molecular weight excluding hydrogens is 578 g/mol. The SMILES string of the molecule is COc1ccccc1NC(=O)COc1ccc(/C=C2\C(=O)NC(=O)N(c3ccc(C)c(Cl)c3)C2=O)cc1Br. The predicted molar refractivity (Wildman–Crippen MR) is 146 cm³/mol.